The molecule has 5 heteroatoms. The maximum Gasteiger partial charge on any atom is 0.298 e. The first-order chi connectivity index (χ1) is 6.99. The lowest BCUT2D eigenvalue weighted by molar-refractivity contribution is 0.329. The normalized spacial score (nSPS) is 11.1. The molecule has 0 fully saturated rings. The molecule has 0 unspecified atom stereocenters. The van der Waals surface area contributed by atoms with Gasteiger partial charge in [-0.2, -0.15) is 8.42 Å². The molecule has 1 N–H and O–H groups in total. The SMILES string of the molecule is C=Cc1ccc(OCC)c(S(=O)(=O)O)c1. The van der Waals surface area contributed by atoms with Gasteiger partial charge in [0, 0.05) is 0 Å². The summed E-state index contributed by atoms with van der Waals surface area (Å²) in [6.45, 7) is 5.57. The van der Waals surface area contributed by atoms with Gasteiger partial charge in [-0.25, -0.2) is 0 Å². The van der Waals surface area contributed by atoms with E-state index < -0.39 is 10.1 Å². The molecule has 0 spiro atoms. The van der Waals surface area contributed by atoms with Gasteiger partial charge in [0.2, 0.25) is 0 Å². The van der Waals surface area contributed by atoms with Crippen LogP contribution in [0.25, 0.3) is 6.08 Å². The largest absolute Gasteiger partial charge is 0.492 e. The van der Waals surface area contributed by atoms with Crippen LogP contribution in [0.15, 0.2) is 29.7 Å². The van der Waals surface area contributed by atoms with Crippen molar-refractivity contribution >= 4 is 16.2 Å². The Morgan fingerprint density at radius 3 is 2.67 bits per heavy atom. The monoisotopic (exact) mass is 228 g/mol. The Morgan fingerprint density at radius 2 is 2.20 bits per heavy atom. The summed E-state index contributed by atoms with van der Waals surface area (Å²) in [4.78, 5) is -0.234. The van der Waals surface area contributed by atoms with Gasteiger partial charge in [0.25, 0.3) is 10.1 Å². The maximum absolute atomic E-state index is 11.0. The molecule has 0 bridgehead atoms. The molecular formula is C10H12O4S. The van der Waals surface area contributed by atoms with E-state index in [1.54, 1.807) is 13.0 Å². The average molecular weight is 228 g/mol. The van der Waals surface area contributed by atoms with Crippen LogP contribution in [0.3, 0.4) is 0 Å². The van der Waals surface area contributed by atoms with E-state index in [4.69, 9.17) is 9.29 Å². The summed E-state index contributed by atoms with van der Waals surface area (Å²) in [7, 11) is -4.26. The minimum absolute atomic E-state index is 0.144. The predicted molar refractivity (Wildman–Crippen MR) is 57.5 cm³/mol. The van der Waals surface area contributed by atoms with Crippen LogP contribution in [0.1, 0.15) is 12.5 Å². The van der Waals surface area contributed by atoms with Crippen molar-refractivity contribution in [3.05, 3.63) is 30.3 Å². The van der Waals surface area contributed by atoms with E-state index in [0.29, 0.717) is 12.2 Å². The molecule has 0 heterocycles. The van der Waals surface area contributed by atoms with Gasteiger partial charge in [0.05, 0.1) is 6.61 Å². The Hall–Kier alpha value is -1.33. The lowest BCUT2D eigenvalue weighted by Gasteiger charge is -2.08. The van der Waals surface area contributed by atoms with Crippen LogP contribution in [0.5, 0.6) is 5.75 Å². The van der Waals surface area contributed by atoms with Gasteiger partial charge in [-0.15, -0.1) is 0 Å². The van der Waals surface area contributed by atoms with E-state index in [1.165, 1.54) is 18.2 Å². The highest BCUT2D eigenvalue weighted by molar-refractivity contribution is 7.86. The first-order valence-electron chi connectivity index (χ1n) is 4.35. The second kappa shape index (κ2) is 4.46. The Morgan fingerprint density at radius 1 is 1.53 bits per heavy atom. The van der Waals surface area contributed by atoms with Crippen molar-refractivity contribution in [2.24, 2.45) is 0 Å². The second-order valence-electron chi connectivity index (χ2n) is 2.82. The van der Waals surface area contributed by atoms with Crippen LogP contribution in [0, 0.1) is 0 Å². The van der Waals surface area contributed by atoms with E-state index in [0.717, 1.165) is 0 Å². The van der Waals surface area contributed by atoms with Gasteiger partial charge in [0.1, 0.15) is 10.6 Å². The number of hydrogen-bond donors (Lipinski definition) is 1. The molecule has 4 nitrogen and oxygen atoms in total. The molecule has 1 rings (SSSR count). The number of rotatable bonds is 4. The fourth-order valence-electron chi connectivity index (χ4n) is 1.13. The topological polar surface area (TPSA) is 63.6 Å². The smallest absolute Gasteiger partial charge is 0.298 e. The standard InChI is InChI=1S/C10H12O4S/c1-3-8-5-6-9(14-4-2)10(7-8)15(11,12)13/h3,5-7H,1,4H2,2H3,(H,11,12,13). The van der Waals surface area contributed by atoms with Crippen molar-refractivity contribution < 1.29 is 17.7 Å². The second-order valence-corrected chi connectivity index (χ2v) is 4.21. The molecule has 1 aromatic carbocycles. The highest BCUT2D eigenvalue weighted by Crippen LogP contribution is 2.25. The molecule has 82 valence electrons. The number of benzene rings is 1. The van der Waals surface area contributed by atoms with Gasteiger partial charge in [-0.3, -0.25) is 4.55 Å². The summed E-state index contributed by atoms with van der Waals surface area (Å²) in [5.41, 5.74) is 0.603. The highest BCUT2D eigenvalue weighted by Gasteiger charge is 2.16. The molecule has 0 aliphatic rings. The first kappa shape index (κ1) is 11.7. The Bertz CT molecular complexity index is 462. The predicted octanol–water partition coefficient (Wildman–Crippen LogP) is 1.98. The maximum atomic E-state index is 11.0. The van der Waals surface area contributed by atoms with E-state index in [-0.39, 0.29) is 10.6 Å². The van der Waals surface area contributed by atoms with Crippen LogP contribution < -0.4 is 4.74 Å². The van der Waals surface area contributed by atoms with E-state index in [1.807, 2.05) is 0 Å². The van der Waals surface area contributed by atoms with Gasteiger partial charge < -0.3 is 4.74 Å². The van der Waals surface area contributed by atoms with Crippen LogP contribution in [0.2, 0.25) is 0 Å². The fraction of sp³-hybridized carbons (Fsp3) is 0.200. The summed E-state index contributed by atoms with van der Waals surface area (Å²) in [6.07, 6.45) is 1.49. The van der Waals surface area contributed by atoms with Gasteiger partial charge >= 0.3 is 0 Å². The first-order valence-corrected chi connectivity index (χ1v) is 5.79. The third kappa shape index (κ3) is 2.81. The van der Waals surface area contributed by atoms with Crippen molar-refractivity contribution in [3.63, 3.8) is 0 Å². The van der Waals surface area contributed by atoms with E-state index >= 15 is 0 Å². The Kier molecular flexibility index (Phi) is 3.49. The van der Waals surface area contributed by atoms with Crippen LogP contribution in [-0.2, 0) is 10.1 Å². The third-order valence-corrected chi connectivity index (χ3v) is 2.66. The lowest BCUT2D eigenvalue weighted by Crippen LogP contribution is -2.03. The Labute approximate surface area is 88.9 Å². The summed E-state index contributed by atoms with van der Waals surface area (Å²) in [5, 5.41) is 0. The van der Waals surface area contributed by atoms with Crippen LogP contribution in [0.4, 0.5) is 0 Å². The van der Waals surface area contributed by atoms with Gasteiger partial charge in [-0.05, 0) is 24.6 Å². The summed E-state index contributed by atoms with van der Waals surface area (Å²) in [5.74, 6) is 0.144. The molecule has 1 aromatic rings. The minimum Gasteiger partial charge on any atom is -0.492 e. The molecular weight excluding hydrogens is 216 g/mol. The summed E-state index contributed by atoms with van der Waals surface area (Å²) < 4.78 is 36.1. The molecule has 0 amide bonds. The molecule has 15 heavy (non-hydrogen) atoms. The van der Waals surface area contributed by atoms with Crippen molar-refractivity contribution in [2.45, 2.75) is 11.8 Å². The van der Waals surface area contributed by atoms with Crippen LogP contribution in [-0.4, -0.2) is 19.6 Å². The fourth-order valence-corrected chi connectivity index (χ4v) is 1.79. The quantitative estimate of drug-likeness (QED) is 0.800. The lowest BCUT2D eigenvalue weighted by atomic mass is 10.2. The zero-order chi connectivity index (χ0) is 11.5. The summed E-state index contributed by atoms with van der Waals surface area (Å²) >= 11 is 0. The van der Waals surface area contributed by atoms with E-state index in [2.05, 4.69) is 6.58 Å². The molecule has 0 saturated heterocycles. The highest BCUT2D eigenvalue weighted by atomic mass is 32.2. The number of hydrogen-bond acceptors (Lipinski definition) is 3. The zero-order valence-corrected chi connectivity index (χ0v) is 9.12. The van der Waals surface area contributed by atoms with Crippen molar-refractivity contribution in [1.29, 1.82) is 0 Å². The van der Waals surface area contributed by atoms with Crippen LogP contribution >= 0.6 is 0 Å². The van der Waals surface area contributed by atoms with E-state index in [9.17, 15) is 8.42 Å². The molecule has 0 aromatic heterocycles. The van der Waals surface area contributed by atoms with Gasteiger partial charge in [-0.1, -0.05) is 18.7 Å². The van der Waals surface area contributed by atoms with Crippen molar-refractivity contribution in [2.75, 3.05) is 6.61 Å². The Balaban J connectivity index is 3.35. The van der Waals surface area contributed by atoms with Gasteiger partial charge in [0.15, 0.2) is 0 Å². The minimum atomic E-state index is -4.26. The molecule has 0 aliphatic carbocycles. The average Bonchev–Trinajstić information content (AvgIpc) is 2.17. The molecule has 0 saturated carbocycles. The zero-order valence-electron chi connectivity index (χ0n) is 8.30. The molecule has 0 radical (unpaired) electrons. The summed E-state index contributed by atoms with van der Waals surface area (Å²) in [6, 6.07) is 4.46. The van der Waals surface area contributed by atoms with Crippen molar-refractivity contribution in [1.82, 2.24) is 0 Å². The number of ether oxygens (including phenoxy) is 1. The molecule has 0 atom stereocenters. The third-order valence-electron chi connectivity index (χ3n) is 1.78. The molecule has 0 aliphatic heterocycles. The van der Waals surface area contributed by atoms with Crippen molar-refractivity contribution in [3.8, 4) is 5.75 Å².